The molecule has 0 fully saturated rings. The van der Waals surface area contributed by atoms with E-state index in [0.29, 0.717) is 5.33 Å². The first-order valence-electron chi connectivity index (χ1n) is 7.18. The summed E-state index contributed by atoms with van der Waals surface area (Å²) >= 11 is 0. The summed E-state index contributed by atoms with van der Waals surface area (Å²) in [6.45, 7) is 8.23. The molecule has 2 rings (SSSR count). The van der Waals surface area contributed by atoms with E-state index < -0.39 is 18.1 Å². The van der Waals surface area contributed by atoms with E-state index in [1.165, 1.54) is 0 Å². The topological polar surface area (TPSA) is 46.5 Å². The summed E-state index contributed by atoms with van der Waals surface area (Å²) in [6.07, 6.45) is 0. The number of sulfonamides is 1. The number of hydrogen-bond acceptors (Lipinski definition) is 2. The first-order chi connectivity index (χ1) is 10.2. The van der Waals surface area contributed by atoms with Crippen molar-refractivity contribution in [3.8, 4) is 0 Å². The minimum atomic E-state index is -3.68. The molecule has 0 aliphatic heterocycles. The Morgan fingerprint density at radius 1 is 0.909 bits per heavy atom. The molecule has 116 valence electrons. The summed E-state index contributed by atoms with van der Waals surface area (Å²) < 4.78 is 29.4. The lowest BCUT2D eigenvalue weighted by molar-refractivity contribution is 0.598. The van der Waals surface area contributed by atoms with Gasteiger partial charge in [-0.05, 0) is 24.6 Å². The molecule has 0 saturated carbocycles. The Hall–Kier alpha value is -1.72. The Bertz CT molecular complexity index is 774. The van der Waals surface area contributed by atoms with Crippen LogP contribution in [0.5, 0.6) is 0 Å². The van der Waals surface area contributed by atoms with Crippen molar-refractivity contribution >= 4 is 23.4 Å². The number of nitrogens with zero attached hydrogens (tertiary/aromatic N) is 1. The van der Waals surface area contributed by atoms with E-state index >= 15 is 0 Å². The SMILES string of the molecule is Cc1ccc(S(=O)(=O)/N=C(\c2ccccc2)[Si](C)(C)C)cc1. The molecule has 0 aliphatic carbocycles. The molecule has 2 aromatic carbocycles. The monoisotopic (exact) mass is 331 g/mol. The van der Waals surface area contributed by atoms with Gasteiger partial charge in [-0.15, -0.1) is 0 Å². The van der Waals surface area contributed by atoms with Crippen LogP contribution in [0.3, 0.4) is 0 Å². The lowest BCUT2D eigenvalue weighted by atomic mass is 10.2. The molecule has 0 spiro atoms. The maximum Gasteiger partial charge on any atom is 0.282 e. The van der Waals surface area contributed by atoms with Crippen molar-refractivity contribution in [2.24, 2.45) is 4.40 Å². The molecule has 0 saturated heterocycles. The van der Waals surface area contributed by atoms with Crippen LogP contribution in [0.2, 0.25) is 19.6 Å². The van der Waals surface area contributed by atoms with Crippen molar-refractivity contribution in [1.29, 1.82) is 0 Å². The average molecular weight is 332 g/mol. The Morgan fingerprint density at radius 2 is 1.45 bits per heavy atom. The standard InChI is InChI=1S/C17H21NO2SSi/c1-14-10-12-16(13-11-14)21(19,20)18-17(22(2,3)4)15-8-6-5-7-9-15/h5-13H,1-4H3/b18-17+. The highest BCUT2D eigenvalue weighted by atomic mass is 32.2. The van der Waals surface area contributed by atoms with Gasteiger partial charge in [0.2, 0.25) is 0 Å². The third-order valence-corrected chi connectivity index (χ3v) is 6.56. The summed E-state index contributed by atoms with van der Waals surface area (Å²) in [6, 6.07) is 16.4. The van der Waals surface area contributed by atoms with Gasteiger partial charge in [0.1, 0.15) is 8.07 Å². The lowest BCUT2D eigenvalue weighted by Crippen LogP contribution is -2.35. The van der Waals surface area contributed by atoms with Crippen LogP contribution in [-0.2, 0) is 10.0 Å². The van der Waals surface area contributed by atoms with Gasteiger partial charge in [0.25, 0.3) is 10.0 Å². The van der Waals surface area contributed by atoms with E-state index in [1.54, 1.807) is 24.3 Å². The highest BCUT2D eigenvalue weighted by molar-refractivity contribution is 7.90. The van der Waals surface area contributed by atoms with E-state index in [2.05, 4.69) is 24.0 Å². The van der Waals surface area contributed by atoms with Gasteiger partial charge in [-0.25, -0.2) is 0 Å². The largest absolute Gasteiger partial charge is 0.282 e. The van der Waals surface area contributed by atoms with E-state index in [1.807, 2.05) is 37.3 Å². The first-order valence-corrected chi connectivity index (χ1v) is 12.1. The first kappa shape index (κ1) is 16.6. The van der Waals surface area contributed by atoms with Crippen LogP contribution >= 0.6 is 0 Å². The minimum Gasteiger partial charge on any atom is -0.199 e. The van der Waals surface area contributed by atoms with Gasteiger partial charge in [-0.1, -0.05) is 67.7 Å². The fourth-order valence-electron chi connectivity index (χ4n) is 2.10. The van der Waals surface area contributed by atoms with Crippen molar-refractivity contribution in [3.63, 3.8) is 0 Å². The van der Waals surface area contributed by atoms with E-state index in [0.717, 1.165) is 11.1 Å². The predicted molar refractivity (Wildman–Crippen MR) is 94.7 cm³/mol. The summed E-state index contributed by atoms with van der Waals surface area (Å²) in [4.78, 5) is 0.241. The molecule has 22 heavy (non-hydrogen) atoms. The van der Waals surface area contributed by atoms with Gasteiger partial charge in [0.05, 0.1) is 4.90 Å². The third kappa shape index (κ3) is 3.93. The van der Waals surface area contributed by atoms with Crippen LogP contribution in [0.1, 0.15) is 11.1 Å². The average Bonchev–Trinajstić information content (AvgIpc) is 2.45. The molecule has 0 N–H and O–H groups in total. The third-order valence-electron chi connectivity index (χ3n) is 3.29. The second kappa shape index (κ2) is 6.18. The molecule has 3 nitrogen and oxygen atoms in total. The normalized spacial score (nSPS) is 13.2. The molecule has 0 radical (unpaired) electrons. The van der Waals surface area contributed by atoms with Crippen molar-refractivity contribution < 1.29 is 8.42 Å². The van der Waals surface area contributed by atoms with Gasteiger partial charge in [-0.3, -0.25) is 0 Å². The van der Waals surface area contributed by atoms with Crippen LogP contribution in [0, 0.1) is 6.92 Å². The number of benzene rings is 2. The van der Waals surface area contributed by atoms with Crippen LogP contribution in [0.4, 0.5) is 0 Å². The summed E-state index contributed by atoms with van der Waals surface area (Å²) in [7, 11) is -5.60. The van der Waals surface area contributed by atoms with Crippen molar-refractivity contribution in [2.45, 2.75) is 31.5 Å². The van der Waals surface area contributed by atoms with Crippen molar-refractivity contribution in [2.75, 3.05) is 0 Å². The highest BCUT2D eigenvalue weighted by Gasteiger charge is 2.26. The maximum absolute atomic E-state index is 12.6. The quantitative estimate of drug-likeness (QED) is 0.627. The Morgan fingerprint density at radius 3 is 1.95 bits per heavy atom. The second-order valence-corrected chi connectivity index (χ2v) is 12.9. The zero-order valence-corrected chi connectivity index (χ0v) is 15.2. The zero-order valence-electron chi connectivity index (χ0n) is 13.4. The van der Waals surface area contributed by atoms with Crippen LogP contribution < -0.4 is 0 Å². The second-order valence-electron chi connectivity index (χ2n) is 6.34. The predicted octanol–water partition coefficient (Wildman–Crippen LogP) is 4.05. The fourth-order valence-corrected chi connectivity index (χ4v) is 5.52. The van der Waals surface area contributed by atoms with Gasteiger partial charge >= 0.3 is 0 Å². The summed E-state index contributed by atoms with van der Waals surface area (Å²) in [5, 5.41) is 0.702. The Balaban J connectivity index is 2.56. The van der Waals surface area contributed by atoms with E-state index in [4.69, 9.17) is 0 Å². The highest BCUT2D eigenvalue weighted by Crippen LogP contribution is 2.19. The molecule has 0 amide bonds. The lowest BCUT2D eigenvalue weighted by Gasteiger charge is -2.19. The number of hydrogen-bond donors (Lipinski definition) is 0. The van der Waals surface area contributed by atoms with E-state index in [9.17, 15) is 8.42 Å². The molecule has 0 bridgehead atoms. The smallest absolute Gasteiger partial charge is 0.199 e. The zero-order chi connectivity index (χ0) is 16.4. The molecule has 0 aromatic heterocycles. The van der Waals surface area contributed by atoms with Crippen molar-refractivity contribution in [1.82, 2.24) is 0 Å². The van der Waals surface area contributed by atoms with Crippen molar-refractivity contribution in [3.05, 3.63) is 65.7 Å². The summed E-state index contributed by atoms with van der Waals surface area (Å²) in [5.74, 6) is 0. The van der Waals surface area contributed by atoms with Crippen LogP contribution in [-0.4, -0.2) is 21.8 Å². The molecule has 0 heterocycles. The minimum absolute atomic E-state index is 0.241. The molecular formula is C17H21NO2SSi. The van der Waals surface area contributed by atoms with Crippen LogP contribution in [0.25, 0.3) is 0 Å². The number of aryl methyl sites for hydroxylation is 1. The van der Waals surface area contributed by atoms with Gasteiger partial charge < -0.3 is 0 Å². The molecule has 0 atom stereocenters. The van der Waals surface area contributed by atoms with Gasteiger partial charge in [0, 0.05) is 5.33 Å². The molecule has 0 aliphatic rings. The van der Waals surface area contributed by atoms with E-state index in [-0.39, 0.29) is 4.90 Å². The van der Waals surface area contributed by atoms with Gasteiger partial charge in [-0.2, -0.15) is 12.8 Å². The fraction of sp³-hybridized carbons (Fsp3) is 0.235. The Labute approximate surface area is 133 Å². The molecule has 2 aromatic rings. The summed E-state index contributed by atoms with van der Waals surface area (Å²) in [5.41, 5.74) is 1.91. The van der Waals surface area contributed by atoms with Crippen LogP contribution in [0.15, 0.2) is 63.9 Å². The number of rotatable bonds is 4. The molecular weight excluding hydrogens is 310 g/mol. The Kier molecular flexibility index (Phi) is 4.68. The van der Waals surface area contributed by atoms with Gasteiger partial charge in [0.15, 0.2) is 0 Å². The molecule has 5 heteroatoms. The maximum atomic E-state index is 12.6. The molecule has 0 unspecified atom stereocenters.